The minimum absolute atomic E-state index is 0.235. The minimum Gasteiger partial charge on any atom is -0.341 e. The summed E-state index contributed by atoms with van der Waals surface area (Å²) in [6.07, 6.45) is 9.50. The number of imidazole rings is 1. The van der Waals surface area contributed by atoms with Crippen molar-refractivity contribution >= 4 is 11.9 Å². The van der Waals surface area contributed by atoms with Gasteiger partial charge in [-0.05, 0) is 18.9 Å². The van der Waals surface area contributed by atoms with E-state index < -0.39 is 0 Å². The van der Waals surface area contributed by atoms with Gasteiger partial charge in [-0.3, -0.25) is 9.69 Å². The Morgan fingerprint density at radius 1 is 1.07 bits per heavy atom. The number of aryl methyl sites for hydroxylation is 1. The summed E-state index contributed by atoms with van der Waals surface area (Å²) in [5, 5.41) is 0. The van der Waals surface area contributed by atoms with E-state index >= 15 is 0 Å². The van der Waals surface area contributed by atoms with E-state index in [1.165, 1.54) is 0 Å². The molecule has 1 atom stereocenters. The topological polar surface area (TPSA) is 70.4 Å². The van der Waals surface area contributed by atoms with Crippen LogP contribution >= 0.6 is 0 Å². The predicted molar refractivity (Wildman–Crippen MR) is 102 cm³/mol. The van der Waals surface area contributed by atoms with Crippen molar-refractivity contribution in [3.05, 3.63) is 36.7 Å². The van der Waals surface area contributed by atoms with Gasteiger partial charge in [-0.25, -0.2) is 15.0 Å². The molecule has 1 unspecified atom stereocenters. The number of likely N-dealkylation sites (tertiary alicyclic amines) is 1. The normalized spacial score (nSPS) is 21.4. The molecule has 2 aliphatic heterocycles. The summed E-state index contributed by atoms with van der Waals surface area (Å²) in [6, 6.07) is 1.83. The molecule has 1 amide bonds. The zero-order valence-corrected chi connectivity index (χ0v) is 15.9. The average Bonchev–Trinajstić information content (AvgIpc) is 3.15. The van der Waals surface area contributed by atoms with Crippen molar-refractivity contribution in [1.82, 2.24) is 29.3 Å². The summed E-state index contributed by atoms with van der Waals surface area (Å²) in [6.45, 7) is 5.57. The molecular formula is C19H27N7O. The van der Waals surface area contributed by atoms with Gasteiger partial charge in [-0.2, -0.15) is 0 Å². The molecule has 2 saturated heterocycles. The van der Waals surface area contributed by atoms with Crippen LogP contribution in [0.1, 0.15) is 24.6 Å². The Balaban J connectivity index is 1.29. The number of carbonyl (C=O) groups excluding carboxylic acids is 1. The fraction of sp³-hybridized carbons (Fsp3) is 0.579. The van der Waals surface area contributed by atoms with Crippen LogP contribution in [0.15, 0.2) is 30.9 Å². The van der Waals surface area contributed by atoms with E-state index in [0.29, 0.717) is 12.5 Å². The van der Waals surface area contributed by atoms with Crippen LogP contribution in [0.25, 0.3) is 0 Å². The van der Waals surface area contributed by atoms with Crippen molar-refractivity contribution < 1.29 is 4.79 Å². The molecule has 4 heterocycles. The maximum Gasteiger partial charge on any atom is 0.236 e. The number of carbonyl (C=O) groups is 1. The van der Waals surface area contributed by atoms with Crippen LogP contribution < -0.4 is 4.90 Å². The Morgan fingerprint density at radius 3 is 2.56 bits per heavy atom. The van der Waals surface area contributed by atoms with Gasteiger partial charge < -0.3 is 14.4 Å². The summed E-state index contributed by atoms with van der Waals surface area (Å²) in [4.78, 5) is 32.4. The van der Waals surface area contributed by atoms with Gasteiger partial charge in [0.1, 0.15) is 5.82 Å². The van der Waals surface area contributed by atoms with E-state index in [1.807, 2.05) is 30.4 Å². The SMILES string of the molecule is Cn1ccnc1C1CCCN(C(=O)CN2CCN(c3ncccn3)CC2)C1. The van der Waals surface area contributed by atoms with Crippen LogP contribution in [0, 0.1) is 0 Å². The first kappa shape index (κ1) is 17.9. The molecule has 8 nitrogen and oxygen atoms in total. The monoisotopic (exact) mass is 369 g/mol. The molecule has 144 valence electrons. The number of piperidine rings is 1. The number of amides is 1. The van der Waals surface area contributed by atoms with E-state index in [4.69, 9.17) is 0 Å². The fourth-order valence-electron chi connectivity index (χ4n) is 4.04. The highest BCUT2D eigenvalue weighted by Gasteiger charge is 2.28. The largest absolute Gasteiger partial charge is 0.341 e. The molecule has 2 aliphatic rings. The van der Waals surface area contributed by atoms with Crippen LogP contribution in [-0.2, 0) is 11.8 Å². The number of anilines is 1. The Morgan fingerprint density at radius 2 is 1.85 bits per heavy atom. The quantitative estimate of drug-likeness (QED) is 0.792. The van der Waals surface area contributed by atoms with E-state index in [2.05, 4.69) is 29.3 Å². The van der Waals surface area contributed by atoms with Gasteiger partial charge in [0, 0.05) is 77.0 Å². The standard InChI is InChI=1S/C19H27N7O/c1-23-9-7-20-18(23)16-4-2-8-26(14-16)17(27)15-24-10-12-25(13-11-24)19-21-5-3-6-22-19/h3,5-7,9,16H,2,4,8,10-15H2,1H3. The van der Waals surface area contributed by atoms with Gasteiger partial charge in [-0.15, -0.1) is 0 Å². The van der Waals surface area contributed by atoms with Gasteiger partial charge >= 0.3 is 0 Å². The first-order chi connectivity index (χ1) is 13.2. The minimum atomic E-state index is 0.235. The van der Waals surface area contributed by atoms with Crippen molar-refractivity contribution in [1.29, 1.82) is 0 Å². The smallest absolute Gasteiger partial charge is 0.236 e. The highest BCUT2D eigenvalue weighted by Crippen LogP contribution is 2.25. The lowest BCUT2D eigenvalue weighted by atomic mass is 9.97. The van der Waals surface area contributed by atoms with Gasteiger partial charge in [0.25, 0.3) is 0 Å². The van der Waals surface area contributed by atoms with Crippen LogP contribution in [0.2, 0.25) is 0 Å². The molecule has 4 rings (SSSR count). The summed E-state index contributed by atoms with van der Waals surface area (Å²) >= 11 is 0. The Bertz CT molecular complexity index is 754. The Kier molecular flexibility index (Phi) is 5.33. The molecule has 27 heavy (non-hydrogen) atoms. The second-order valence-corrected chi connectivity index (χ2v) is 7.39. The summed E-state index contributed by atoms with van der Waals surface area (Å²) < 4.78 is 2.07. The summed E-state index contributed by atoms with van der Waals surface area (Å²) in [5.74, 6) is 2.44. The number of piperazine rings is 1. The van der Waals surface area contributed by atoms with Gasteiger partial charge in [0.2, 0.25) is 11.9 Å². The van der Waals surface area contributed by atoms with Crippen LogP contribution in [0.5, 0.6) is 0 Å². The first-order valence-corrected chi connectivity index (χ1v) is 9.70. The molecule has 0 N–H and O–H groups in total. The predicted octanol–water partition coefficient (Wildman–Crippen LogP) is 0.738. The molecule has 0 radical (unpaired) electrons. The van der Waals surface area contributed by atoms with Crippen LogP contribution in [0.4, 0.5) is 5.95 Å². The average molecular weight is 369 g/mol. The molecular weight excluding hydrogens is 342 g/mol. The number of hydrogen-bond acceptors (Lipinski definition) is 6. The lowest BCUT2D eigenvalue weighted by Crippen LogP contribution is -2.51. The third-order valence-corrected chi connectivity index (χ3v) is 5.56. The van der Waals surface area contributed by atoms with Crippen LogP contribution in [-0.4, -0.2) is 81.0 Å². The maximum absolute atomic E-state index is 12.8. The molecule has 2 aromatic heterocycles. The first-order valence-electron chi connectivity index (χ1n) is 9.70. The molecule has 0 saturated carbocycles. The lowest BCUT2D eigenvalue weighted by Gasteiger charge is -2.37. The highest BCUT2D eigenvalue weighted by molar-refractivity contribution is 5.78. The molecule has 0 aromatic carbocycles. The maximum atomic E-state index is 12.8. The molecule has 8 heteroatoms. The molecule has 0 spiro atoms. The number of aromatic nitrogens is 4. The van der Waals surface area contributed by atoms with Crippen molar-refractivity contribution in [3.8, 4) is 0 Å². The fourth-order valence-corrected chi connectivity index (χ4v) is 4.04. The lowest BCUT2D eigenvalue weighted by molar-refractivity contribution is -0.133. The molecule has 0 bridgehead atoms. The van der Waals surface area contributed by atoms with E-state index in [0.717, 1.165) is 63.9 Å². The molecule has 2 aromatic rings. The van der Waals surface area contributed by atoms with Gasteiger partial charge in [0.15, 0.2) is 0 Å². The van der Waals surface area contributed by atoms with E-state index in [1.54, 1.807) is 12.4 Å². The zero-order chi connectivity index (χ0) is 18.6. The number of hydrogen-bond donors (Lipinski definition) is 0. The second-order valence-electron chi connectivity index (χ2n) is 7.39. The highest BCUT2D eigenvalue weighted by atomic mass is 16.2. The Hall–Kier alpha value is -2.48. The van der Waals surface area contributed by atoms with Crippen molar-refractivity contribution in [2.75, 3.05) is 50.7 Å². The molecule has 2 fully saturated rings. The third-order valence-electron chi connectivity index (χ3n) is 5.56. The number of nitrogens with zero attached hydrogens (tertiary/aromatic N) is 7. The van der Waals surface area contributed by atoms with Crippen molar-refractivity contribution in [2.45, 2.75) is 18.8 Å². The third kappa shape index (κ3) is 4.10. The number of rotatable bonds is 4. The van der Waals surface area contributed by atoms with Crippen LogP contribution in [0.3, 0.4) is 0 Å². The van der Waals surface area contributed by atoms with Crippen molar-refractivity contribution in [2.24, 2.45) is 7.05 Å². The van der Waals surface area contributed by atoms with Gasteiger partial charge in [-0.1, -0.05) is 0 Å². The summed E-state index contributed by atoms with van der Waals surface area (Å²) in [5.41, 5.74) is 0. The molecule has 0 aliphatic carbocycles. The van der Waals surface area contributed by atoms with E-state index in [-0.39, 0.29) is 5.91 Å². The van der Waals surface area contributed by atoms with Gasteiger partial charge in [0.05, 0.1) is 6.54 Å². The van der Waals surface area contributed by atoms with E-state index in [9.17, 15) is 4.79 Å². The summed E-state index contributed by atoms with van der Waals surface area (Å²) in [7, 11) is 2.03. The Labute approximate surface area is 159 Å². The van der Waals surface area contributed by atoms with Crippen molar-refractivity contribution in [3.63, 3.8) is 0 Å². The zero-order valence-electron chi connectivity index (χ0n) is 15.9. The second kappa shape index (κ2) is 8.04.